The van der Waals surface area contributed by atoms with Crippen molar-refractivity contribution < 1.29 is 9.90 Å². The lowest BCUT2D eigenvalue weighted by Crippen LogP contribution is -2.32. The molecule has 1 aliphatic rings. The Morgan fingerprint density at radius 1 is 1.32 bits per heavy atom. The van der Waals surface area contributed by atoms with Crippen LogP contribution in [0.1, 0.15) is 57.2 Å². The summed E-state index contributed by atoms with van der Waals surface area (Å²) in [5, 5.41) is 9.68. The molecule has 0 amide bonds. The van der Waals surface area contributed by atoms with E-state index in [1.165, 1.54) is 19.3 Å². The van der Waals surface area contributed by atoms with Crippen molar-refractivity contribution in [3.63, 3.8) is 0 Å². The molecule has 0 atom stereocenters. The maximum absolute atomic E-state index is 11.8. The smallest absolute Gasteiger partial charge is 0.309 e. The maximum Gasteiger partial charge on any atom is 0.309 e. The van der Waals surface area contributed by atoms with E-state index in [0.29, 0.717) is 6.42 Å². The van der Waals surface area contributed by atoms with Crippen LogP contribution in [0.25, 0.3) is 0 Å². The zero-order valence-electron chi connectivity index (χ0n) is 11.8. The van der Waals surface area contributed by atoms with Crippen LogP contribution in [-0.4, -0.2) is 20.6 Å². The normalized spacial score (nSPS) is 19.6. The molecule has 1 fully saturated rings. The van der Waals surface area contributed by atoms with E-state index in [1.54, 1.807) is 6.20 Å². The van der Waals surface area contributed by atoms with Crippen LogP contribution in [0.3, 0.4) is 0 Å². The predicted molar refractivity (Wildman–Crippen MR) is 73.9 cm³/mol. The molecule has 19 heavy (non-hydrogen) atoms. The zero-order chi connectivity index (χ0) is 13.7. The Balaban J connectivity index is 2.05. The summed E-state index contributed by atoms with van der Waals surface area (Å²) in [6, 6.07) is 0. The average Bonchev–Trinajstić information content (AvgIpc) is 2.74. The quantitative estimate of drug-likeness (QED) is 0.908. The monoisotopic (exact) mass is 264 g/mol. The fraction of sp³-hybridized carbons (Fsp3) is 0.733. The zero-order valence-corrected chi connectivity index (χ0v) is 11.8. The van der Waals surface area contributed by atoms with E-state index in [2.05, 4.69) is 4.98 Å². The van der Waals surface area contributed by atoms with Crippen molar-refractivity contribution in [2.24, 2.45) is 12.5 Å². The van der Waals surface area contributed by atoms with E-state index in [4.69, 9.17) is 0 Å². The predicted octanol–water partition coefficient (Wildman–Crippen LogP) is 3.17. The lowest BCUT2D eigenvalue weighted by atomic mass is 9.73. The van der Waals surface area contributed by atoms with Gasteiger partial charge in [0.15, 0.2) is 0 Å². The summed E-state index contributed by atoms with van der Waals surface area (Å²) >= 11 is 0. The fourth-order valence-electron chi connectivity index (χ4n) is 3.14. The summed E-state index contributed by atoms with van der Waals surface area (Å²) in [5.41, 5.74) is -0.521. The van der Waals surface area contributed by atoms with Crippen molar-refractivity contribution in [3.05, 3.63) is 18.2 Å². The number of hydrogen-bond donors (Lipinski definition) is 1. The summed E-state index contributed by atoms with van der Waals surface area (Å²) in [5.74, 6) is 0.381. The van der Waals surface area contributed by atoms with Crippen LogP contribution < -0.4 is 0 Å². The second kappa shape index (κ2) is 6.22. The molecule has 4 nitrogen and oxygen atoms in total. The van der Waals surface area contributed by atoms with Gasteiger partial charge in [0.2, 0.25) is 0 Å². The Labute approximate surface area is 114 Å². The van der Waals surface area contributed by atoms with Gasteiger partial charge in [-0.05, 0) is 19.3 Å². The molecule has 1 aromatic rings. The van der Waals surface area contributed by atoms with Crippen molar-refractivity contribution in [3.8, 4) is 0 Å². The minimum absolute atomic E-state index is 0.521. The number of rotatable bonds is 4. The van der Waals surface area contributed by atoms with Crippen LogP contribution in [-0.2, 0) is 18.3 Å². The number of carbonyl (C=O) groups is 1. The van der Waals surface area contributed by atoms with Crippen molar-refractivity contribution in [1.29, 1.82) is 0 Å². The largest absolute Gasteiger partial charge is 0.481 e. The highest BCUT2D eigenvalue weighted by molar-refractivity contribution is 5.74. The SMILES string of the molecule is Cn1ccnc1CCC1(C(=O)O)CCCCCCC1. The second-order valence-corrected chi connectivity index (χ2v) is 5.81. The molecular formula is C15H24N2O2. The van der Waals surface area contributed by atoms with Crippen LogP contribution in [0.15, 0.2) is 12.4 Å². The Morgan fingerprint density at radius 3 is 2.47 bits per heavy atom. The number of imidazole rings is 1. The first-order valence-electron chi connectivity index (χ1n) is 7.34. The average molecular weight is 264 g/mol. The first-order valence-corrected chi connectivity index (χ1v) is 7.34. The van der Waals surface area contributed by atoms with E-state index in [0.717, 1.165) is 37.9 Å². The molecule has 0 aliphatic heterocycles. The van der Waals surface area contributed by atoms with Crippen molar-refractivity contribution in [1.82, 2.24) is 9.55 Å². The van der Waals surface area contributed by atoms with E-state index in [-0.39, 0.29) is 0 Å². The van der Waals surface area contributed by atoms with Crippen molar-refractivity contribution >= 4 is 5.97 Å². The molecule has 2 rings (SSSR count). The highest BCUT2D eigenvalue weighted by atomic mass is 16.4. The number of aliphatic carboxylic acids is 1. The number of aryl methyl sites for hydroxylation is 2. The Morgan fingerprint density at radius 2 is 1.95 bits per heavy atom. The van der Waals surface area contributed by atoms with E-state index >= 15 is 0 Å². The minimum Gasteiger partial charge on any atom is -0.481 e. The first kappa shape index (κ1) is 14.1. The topological polar surface area (TPSA) is 55.1 Å². The molecule has 4 heteroatoms. The fourth-order valence-corrected chi connectivity index (χ4v) is 3.14. The van der Waals surface area contributed by atoms with Crippen LogP contribution in [0.4, 0.5) is 0 Å². The highest BCUT2D eigenvalue weighted by Gasteiger charge is 2.37. The summed E-state index contributed by atoms with van der Waals surface area (Å²) in [6.45, 7) is 0. The van der Waals surface area contributed by atoms with Crippen molar-refractivity contribution in [2.45, 2.75) is 57.8 Å². The number of carboxylic acids is 1. The molecule has 0 bridgehead atoms. The van der Waals surface area contributed by atoms with Crippen LogP contribution in [0.5, 0.6) is 0 Å². The molecule has 0 unspecified atom stereocenters. The van der Waals surface area contributed by atoms with Crippen LogP contribution in [0.2, 0.25) is 0 Å². The van der Waals surface area contributed by atoms with Gasteiger partial charge in [-0.15, -0.1) is 0 Å². The Kier molecular flexibility index (Phi) is 4.61. The molecule has 0 radical (unpaired) electrons. The van der Waals surface area contributed by atoms with Gasteiger partial charge in [0.25, 0.3) is 0 Å². The summed E-state index contributed by atoms with van der Waals surface area (Å²) in [6.07, 6.45) is 12.5. The van der Waals surface area contributed by atoms with Gasteiger partial charge in [-0.2, -0.15) is 0 Å². The number of aromatic nitrogens is 2. The van der Waals surface area contributed by atoms with Gasteiger partial charge in [-0.3, -0.25) is 4.79 Å². The third-order valence-corrected chi connectivity index (χ3v) is 4.51. The molecule has 1 aromatic heterocycles. The van der Waals surface area contributed by atoms with Crippen LogP contribution >= 0.6 is 0 Å². The van der Waals surface area contributed by atoms with Gasteiger partial charge in [-0.25, -0.2) is 4.98 Å². The first-order chi connectivity index (χ1) is 9.14. The number of nitrogens with zero attached hydrogens (tertiary/aromatic N) is 2. The van der Waals surface area contributed by atoms with E-state index in [9.17, 15) is 9.90 Å². The Bertz CT molecular complexity index is 418. The summed E-state index contributed by atoms with van der Waals surface area (Å²) < 4.78 is 1.98. The van der Waals surface area contributed by atoms with E-state index in [1.807, 2.05) is 17.8 Å². The summed E-state index contributed by atoms with van der Waals surface area (Å²) in [7, 11) is 1.97. The van der Waals surface area contributed by atoms with Gasteiger partial charge in [0.05, 0.1) is 5.41 Å². The molecule has 0 aromatic carbocycles. The minimum atomic E-state index is -0.608. The van der Waals surface area contributed by atoms with E-state index < -0.39 is 11.4 Å². The van der Waals surface area contributed by atoms with Crippen molar-refractivity contribution in [2.75, 3.05) is 0 Å². The third kappa shape index (κ3) is 3.37. The van der Waals surface area contributed by atoms with Gasteiger partial charge < -0.3 is 9.67 Å². The van der Waals surface area contributed by atoms with Gasteiger partial charge in [0, 0.05) is 25.9 Å². The standard InChI is InChI=1S/C15H24N2O2/c1-17-12-11-16-13(17)7-10-15(14(18)19)8-5-3-2-4-6-9-15/h11-12H,2-10H2,1H3,(H,18,19). The number of carboxylic acid groups (broad SMARTS) is 1. The second-order valence-electron chi connectivity index (χ2n) is 5.81. The molecule has 1 saturated carbocycles. The number of hydrogen-bond acceptors (Lipinski definition) is 2. The lowest BCUT2D eigenvalue weighted by molar-refractivity contribution is -0.150. The van der Waals surface area contributed by atoms with Gasteiger partial charge >= 0.3 is 5.97 Å². The molecule has 1 N–H and O–H groups in total. The maximum atomic E-state index is 11.8. The Hall–Kier alpha value is -1.32. The molecule has 1 heterocycles. The molecule has 0 spiro atoms. The highest BCUT2D eigenvalue weighted by Crippen LogP contribution is 2.38. The van der Waals surface area contributed by atoms with Gasteiger partial charge in [0.1, 0.15) is 5.82 Å². The molecule has 1 aliphatic carbocycles. The van der Waals surface area contributed by atoms with Gasteiger partial charge in [-0.1, -0.05) is 32.1 Å². The molecule has 0 saturated heterocycles. The lowest BCUT2D eigenvalue weighted by Gasteiger charge is -2.31. The summed E-state index contributed by atoms with van der Waals surface area (Å²) in [4.78, 5) is 16.1. The van der Waals surface area contributed by atoms with Crippen LogP contribution in [0, 0.1) is 5.41 Å². The third-order valence-electron chi connectivity index (χ3n) is 4.51. The molecule has 106 valence electrons. The molecular weight excluding hydrogens is 240 g/mol.